The normalized spacial score (nSPS) is 14.8. The van der Waals surface area contributed by atoms with Crippen LogP contribution < -0.4 is 0 Å². The maximum absolute atomic E-state index is 13.0. The van der Waals surface area contributed by atoms with E-state index in [0.29, 0.717) is 49.1 Å². The molecule has 2 aliphatic rings. The van der Waals surface area contributed by atoms with Gasteiger partial charge in [-0.15, -0.1) is 23.5 Å². The molecule has 9 aromatic carbocycles. The number of ketones is 4. The number of carbonyl (C=O) groups is 4. The summed E-state index contributed by atoms with van der Waals surface area (Å²) in [5.41, 5.74) is 10.0. The Morgan fingerprint density at radius 2 is 0.656 bits per heavy atom. The minimum Gasteiger partial charge on any atom is -0.378 e. The number of carbonyl (C=O) groups excluding carboxylic acids is 4. The molecule has 0 spiro atoms. The average molecular weight is 1320 g/mol. The van der Waals surface area contributed by atoms with Gasteiger partial charge in [-0.1, -0.05) is 280 Å². The minimum atomic E-state index is -1.28. The third-order valence-corrected chi connectivity index (χ3v) is 22.0. The Bertz CT molecular complexity index is 3460. The Morgan fingerprint density at radius 1 is 0.376 bits per heavy atom. The first-order valence-electron chi connectivity index (χ1n) is 32.3. The highest BCUT2D eigenvalue weighted by Gasteiger charge is 2.26. The predicted octanol–water partition coefficient (Wildman–Crippen LogP) is 17.9. The van der Waals surface area contributed by atoms with Crippen molar-refractivity contribution >= 4 is 68.3 Å². The fourth-order valence-corrected chi connectivity index (χ4v) is 16.6. The smallest absolute Gasteiger partial charge is 0.147 e. The summed E-state index contributed by atoms with van der Waals surface area (Å²) in [7, 11) is -2.52. The first-order valence-corrected chi connectivity index (χ1v) is 37.2. The molecular weight excluding hydrogens is 1230 g/mol. The minimum absolute atomic E-state index is 0.0418. The second kappa shape index (κ2) is 40.6. The van der Waals surface area contributed by atoms with E-state index in [1.54, 1.807) is 30.4 Å². The quantitative estimate of drug-likeness (QED) is 0.0448. The molecule has 0 bridgehead atoms. The van der Waals surface area contributed by atoms with Gasteiger partial charge in [-0.3, -0.25) is 27.6 Å². The van der Waals surface area contributed by atoms with E-state index < -0.39 is 21.6 Å². The molecule has 0 radical (unpaired) electrons. The Kier molecular flexibility index (Phi) is 31.2. The van der Waals surface area contributed by atoms with Gasteiger partial charge in [-0.05, 0) is 88.6 Å². The molecule has 2 fully saturated rings. The number of benzene rings is 9. The lowest BCUT2D eigenvalue weighted by molar-refractivity contribution is -0.118. The molecule has 0 amide bonds. The van der Waals surface area contributed by atoms with E-state index in [9.17, 15) is 27.6 Å². The van der Waals surface area contributed by atoms with Gasteiger partial charge in [0.15, 0.2) is 0 Å². The van der Waals surface area contributed by atoms with Crippen LogP contribution in [0.3, 0.4) is 0 Å². The highest BCUT2D eigenvalue weighted by molar-refractivity contribution is 8.00. The van der Waals surface area contributed by atoms with Crippen LogP contribution in [-0.2, 0) is 56.7 Å². The fourth-order valence-electron chi connectivity index (χ4n) is 11.1. The van der Waals surface area contributed by atoms with Crippen molar-refractivity contribution in [2.24, 2.45) is 0 Å². The maximum Gasteiger partial charge on any atom is 0.147 e. The third kappa shape index (κ3) is 24.8. The van der Waals surface area contributed by atoms with Crippen molar-refractivity contribution in [1.82, 2.24) is 0 Å². The van der Waals surface area contributed by atoms with Crippen molar-refractivity contribution in [1.29, 1.82) is 0 Å². The topological polar surface area (TPSA) is 121 Å². The molecule has 4 atom stereocenters. The van der Waals surface area contributed by atoms with Gasteiger partial charge in [0.2, 0.25) is 0 Å². The molecule has 482 valence electrons. The first-order chi connectivity index (χ1) is 45.6. The zero-order valence-electron chi connectivity index (χ0n) is 53.2. The largest absolute Gasteiger partial charge is 0.378 e. The Balaban J connectivity index is 0.000000160. The second-order valence-electron chi connectivity index (χ2n) is 23.0. The lowest BCUT2D eigenvalue weighted by Gasteiger charge is -2.17. The van der Waals surface area contributed by atoms with Crippen LogP contribution in [0.2, 0.25) is 0 Å². The monoisotopic (exact) mass is 1310 g/mol. The van der Waals surface area contributed by atoms with E-state index in [1.807, 2.05) is 176 Å². The van der Waals surface area contributed by atoms with E-state index in [0.717, 1.165) is 79.6 Å². The zero-order chi connectivity index (χ0) is 65.1. The van der Waals surface area contributed by atoms with E-state index in [4.69, 9.17) is 9.47 Å². The van der Waals surface area contributed by atoms with Gasteiger partial charge in [0.05, 0.1) is 56.2 Å². The second-order valence-corrected chi connectivity index (χ2v) is 28.2. The maximum atomic E-state index is 13.0. The molecule has 2 aliphatic heterocycles. The molecule has 8 nitrogen and oxygen atoms in total. The van der Waals surface area contributed by atoms with Gasteiger partial charge < -0.3 is 9.47 Å². The summed E-state index contributed by atoms with van der Waals surface area (Å²) in [4.78, 5) is 48.6. The molecular formula is C81H86O8S4. The summed E-state index contributed by atoms with van der Waals surface area (Å²) in [5, 5.41) is -0.117. The average Bonchev–Trinajstić information content (AvgIpc) is 2.31. The molecule has 0 aliphatic carbocycles. The van der Waals surface area contributed by atoms with Gasteiger partial charge in [0.25, 0.3) is 0 Å². The van der Waals surface area contributed by atoms with E-state index >= 15 is 0 Å². The summed E-state index contributed by atoms with van der Waals surface area (Å²) < 4.78 is 36.8. The number of hydrogen-bond acceptors (Lipinski definition) is 10. The van der Waals surface area contributed by atoms with Crippen molar-refractivity contribution in [3.8, 4) is 0 Å². The molecule has 2 saturated heterocycles. The lowest BCUT2D eigenvalue weighted by Crippen LogP contribution is -2.19. The van der Waals surface area contributed by atoms with Gasteiger partial charge in [-0.2, -0.15) is 0 Å². The Morgan fingerprint density at radius 3 is 0.957 bits per heavy atom. The Labute approximate surface area is 565 Å². The molecule has 93 heavy (non-hydrogen) atoms. The number of ether oxygens (including phenoxy) is 2. The van der Waals surface area contributed by atoms with Crippen LogP contribution in [-0.4, -0.2) is 80.0 Å². The van der Waals surface area contributed by atoms with Crippen molar-refractivity contribution in [2.45, 2.75) is 104 Å². The summed E-state index contributed by atoms with van der Waals surface area (Å²) in [6, 6.07) is 90.7. The highest BCUT2D eigenvalue weighted by Crippen LogP contribution is 2.38. The van der Waals surface area contributed by atoms with Crippen LogP contribution >= 0.6 is 23.5 Å². The highest BCUT2D eigenvalue weighted by atomic mass is 32.2. The molecule has 4 unspecified atom stereocenters. The van der Waals surface area contributed by atoms with Crippen molar-refractivity contribution in [2.75, 3.05) is 36.2 Å². The number of Topliss-reactive ketones (excluding diaryl/α,β-unsaturated/α-hetero) is 4. The standard InChI is InChI=1S/C22H20OS.C21H24O3S.C21H24O2S.C17H18O2S/c23-21(16-18-10-4-1-5-11-18)17-24-22(19-12-6-2-7-13-19)20-14-8-3-9-15-20;22-19(13-14-20-12-7-15-24-20)16-25(23)21(17-8-3-1-4-9-17)18-10-5-2-6-11-18;22-19(13-14-20-12-7-15-23-20)16-24-21(17-8-3-1-4-9-17)18-10-5-2-6-11-18;1-2-16(18)13-20(19)17(14-9-5-3-6-10-14)15-11-7-4-8-12-15/h1-15,22H,16-17H2;1-6,8-11,20-21H,7,12-16H2;1-6,8-11,20-21H,7,12-16H2;3-12,17H,2,13H2,1H3. The number of thioether (sulfide) groups is 2. The summed E-state index contributed by atoms with van der Waals surface area (Å²) >= 11 is 3.43. The zero-order valence-corrected chi connectivity index (χ0v) is 56.4. The van der Waals surface area contributed by atoms with E-state index in [-0.39, 0.29) is 56.0 Å². The van der Waals surface area contributed by atoms with Crippen molar-refractivity contribution < 1.29 is 37.1 Å². The lowest BCUT2D eigenvalue weighted by atomic mass is 10.0. The van der Waals surface area contributed by atoms with Gasteiger partial charge >= 0.3 is 0 Å². The summed E-state index contributed by atoms with van der Waals surface area (Å²) in [6.45, 7) is 3.46. The molecule has 12 heteroatoms. The molecule has 2 heterocycles. The van der Waals surface area contributed by atoms with Crippen LogP contribution in [0.4, 0.5) is 0 Å². The van der Waals surface area contributed by atoms with Crippen molar-refractivity contribution in [3.63, 3.8) is 0 Å². The molecule has 0 aromatic heterocycles. The third-order valence-electron chi connectivity index (χ3n) is 15.9. The van der Waals surface area contributed by atoms with Crippen LogP contribution in [0, 0.1) is 0 Å². The summed E-state index contributed by atoms with van der Waals surface area (Å²) in [6.07, 6.45) is 8.51. The fraction of sp³-hybridized carbons (Fsp3) is 0.284. The van der Waals surface area contributed by atoms with Crippen LogP contribution in [0.15, 0.2) is 273 Å². The van der Waals surface area contributed by atoms with Crippen LogP contribution in [0.25, 0.3) is 0 Å². The van der Waals surface area contributed by atoms with Crippen LogP contribution in [0.5, 0.6) is 0 Å². The predicted molar refractivity (Wildman–Crippen MR) is 387 cm³/mol. The number of rotatable bonds is 29. The van der Waals surface area contributed by atoms with E-state index in [1.165, 1.54) is 22.3 Å². The number of hydrogen-bond donors (Lipinski definition) is 0. The van der Waals surface area contributed by atoms with Crippen LogP contribution in [0.1, 0.15) is 136 Å². The first kappa shape index (κ1) is 71.4. The molecule has 0 N–H and O–H groups in total. The summed E-state index contributed by atoms with van der Waals surface area (Å²) in [5.74, 6) is 1.98. The molecule has 9 aromatic rings. The Hall–Kier alpha value is -7.42. The van der Waals surface area contributed by atoms with E-state index in [2.05, 4.69) is 97.1 Å². The van der Waals surface area contributed by atoms with Gasteiger partial charge in [0, 0.05) is 60.5 Å². The SMILES string of the molecule is CCC(=O)CS(=O)C(c1ccccc1)c1ccccc1.O=C(CCC1CCCO1)CS(=O)C(c1ccccc1)c1ccccc1.O=C(CCC1CCCO1)CSC(c1ccccc1)c1ccccc1.O=C(CSC(c1ccccc1)c1ccccc1)Cc1ccccc1. The molecule has 11 rings (SSSR count). The van der Waals surface area contributed by atoms with Gasteiger partial charge in [-0.25, -0.2) is 0 Å². The van der Waals surface area contributed by atoms with Gasteiger partial charge in [0.1, 0.15) is 23.1 Å². The molecule has 0 saturated carbocycles. The van der Waals surface area contributed by atoms with Crippen molar-refractivity contribution in [3.05, 3.63) is 323 Å².